The quantitative estimate of drug-likeness (QED) is 0.208. The van der Waals surface area contributed by atoms with Gasteiger partial charge >= 0.3 is 172 Å². The summed E-state index contributed by atoms with van der Waals surface area (Å²) in [5.41, 5.74) is 1.33. The topological polar surface area (TPSA) is 9.23 Å². The SMILES string of the molecule is CCCCCCOc1ccc(-c2[se]c(-c3cccs3)c3ccccc23)cc1. The Labute approximate surface area is 171 Å². The molecule has 4 aromatic rings. The summed E-state index contributed by atoms with van der Waals surface area (Å²) in [4.78, 5) is 1.41. The van der Waals surface area contributed by atoms with E-state index in [1.54, 1.807) is 0 Å². The molecule has 0 N–H and O–H groups in total. The predicted molar refractivity (Wildman–Crippen MR) is 119 cm³/mol. The predicted octanol–water partition coefficient (Wildman–Crippen LogP) is 7.25. The molecule has 2 heterocycles. The maximum absolute atomic E-state index is 5.91. The van der Waals surface area contributed by atoms with Crippen molar-refractivity contribution in [2.24, 2.45) is 0 Å². The molecule has 0 radical (unpaired) electrons. The van der Waals surface area contributed by atoms with Gasteiger partial charge in [-0.1, -0.05) is 0 Å². The molecule has 0 amide bonds. The molecular weight excluding hydrogens is 415 g/mol. The van der Waals surface area contributed by atoms with Gasteiger partial charge in [0.15, 0.2) is 0 Å². The van der Waals surface area contributed by atoms with Gasteiger partial charge in [-0.3, -0.25) is 0 Å². The molecule has 0 fully saturated rings. The van der Waals surface area contributed by atoms with Crippen molar-refractivity contribution in [1.82, 2.24) is 0 Å². The van der Waals surface area contributed by atoms with E-state index in [1.807, 2.05) is 11.3 Å². The van der Waals surface area contributed by atoms with Crippen LogP contribution in [0.3, 0.4) is 0 Å². The van der Waals surface area contributed by atoms with Crippen molar-refractivity contribution in [2.45, 2.75) is 32.6 Å². The molecule has 1 nitrogen and oxygen atoms in total. The van der Waals surface area contributed by atoms with E-state index in [4.69, 9.17) is 4.74 Å². The molecule has 0 bridgehead atoms. The minimum atomic E-state index is 0.330. The summed E-state index contributed by atoms with van der Waals surface area (Å²) in [5, 5.41) is 4.98. The van der Waals surface area contributed by atoms with Gasteiger partial charge in [0.05, 0.1) is 0 Å². The fourth-order valence-electron chi connectivity index (χ4n) is 3.32. The van der Waals surface area contributed by atoms with Gasteiger partial charge in [0.25, 0.3) is 0 Å². The first-order chi connectivity index (χ1) is 13.4. The van der Waals surface area contributed by atoms with Crippen molar-refractivity contribution in [3.63, 3.8) is 0 Å². The number of rotatable bonds is 8. The zero-order valence-corrected chi connectivity index (χ0v) is 18.1. The fraction of sp³-hybridized carbons (Fsp3) is 0.250. The molecule has 0 aliphatic heterocycles. The molecule has 138 valence electrons. The molecule has 0 atom stereocenters. The van der Waals surface area contributed by atoms with Crippen molar-refractivity contribution in [2.75, 3.05) is 6.61 Å². The number of benzene rings is 2. The minimum absolute atomic E-state index is 0.330. The molecular formula is C24H24OSSe. The summed E-state index contributed by atoms with van der Waals surface area (Å²) < 4.78 is 8.91. The van der Waals surface area contributed by atoms with Crippen LogP contribution in [0.4, 0.5) is 0 Å². The van der Waals surface area contributed by atoms with Crippen molar-refractivity contribution in [3.8, 4) is 25.1 Å². The molecule has 0 aliphatic carbocycles. The summed E-state index contributed by atoms with van der Waals surface area (Å²) in [5.74, 6) is 0.983. The molecule has 2 aromatic carbocycles. The van der Waals surface area contributed by atoms with Gasteiger partial charge in [-0.25, -0.2) is 0 Å². The second-order valence-electron chi connectivity index (χ2n) is 6.72. The van der Waals surface area contributed by atoms with Crippen LogP contribution in [0, 0.1) is 0 Å². The maximum atomic E-state index is 5.91. The molecule has 0 saturated carbocycles. The first-order valence-electron chi connectivity index (χ1n) is 9.65. The Morgan fingerprint density at radius 1 is 0.815 bits per heavy atom. The monoisotopic (exact) mass is 440 g/mol. The zero-order chi connectivity index (χ0) is 18.5. The van der Waals surface area contributed by atoms with Crippen molar-refractivity contribution in [1.29, 1.82) is 0 Å². The van der Waals surface area contributed by atoms with E-state index in [1.165, 1.54) is 49.4 Å². The number of unbranched alkanes of at least 4 members (excludes halogenated alkanes) is 3. The molecule has 0 saturated heterocycles. The third kappa shape index (κ3) is 4.21. The molecule has 0 unspecified atom stereocenters. The third-order valence-electron chi connectivity index (χ3n) is 4.75. The fourth-order valence-corrected chi connectivity index (χ4v) is 7.04. The van der Waals surface area contributed by atoms with E-state index in [-0.39, 0.29) is 0 Å². The number of hydrogen-bond donors (Lipinski definition) is 0. The molecule has 27 heavy (non-hydrogen) atoms. The summed E-state index contributed by atoms with van der Waals surface area (Å²) in [7, 11) is 0. The molecule has 4 rings (SSSR count). The van der Waals surface area contributed by atoms with Crippen molar-refractivity contribution in [3.05, 3.63) is 66.0 Å². The van der Waals surface area contributed by atoms with Crippen LogP contribution in [0.1, 0.15) is 32.6 Å². The van der Waals surface area contributed by atoms with Gasteiger partial charge in [-0.15, -0.1) is 0 Å². The van der Waals surface area contributed by atoms with Crippen molar-refractivity contribution >= 4 is 36.6 Å². The normalized spacial score (nSPS) is 11.1. The molecule has 0 spiro atoms. The molecule has 0 aliphatic rings. The van der Waals surface area contributed by atoms with Gasteiger partial charge in [0, 0.05) is 0 Å². The summed E-state index contributed by atoms with van der Waals surface area (Å²) in [6.45, 7) is 3.06. The number of ether oxygens (including phenoxy) is 1. The second-order valence-corrected chi connectivity index (χ2v) is 9.81. The van der Waals surface area contributed by atoms with Gasteiger partial charge in [-0.05, 0) is 0 Å². The number of hydrogen-bond acceptors (Lipinski definition) is 2. The van der Waals surface area contributed by atoms with Crippen LogP contribution in [0.2, 0.25) is 0 Å². The van der Waals surface area contributed by atoms with Crippen LogP contribution in [-0.2, 0) is 0 Å². The Morgan fingerprint density at radius 3 is 2.30 bits per heavy atom. The van der Waals surface area contributed by atoms with E-state index >= 15 is 0 Å². The van der Waals surface area contributed by atoms with Crippen LogP contribution in [0.25, 0.3) is 30.1 Å². The standard InChI is InChI=1S/C24H24OSSe/c1-2-3-4-7-16-25-19-14-12-18(13-15-19)23-20-9-5-6-10-21(20)24(27-23)22-11-8-17-26-22/h5-6,8-15,17H,2-4,7,16H2,1H3. The van der Waals surface area contributed by atoms with E-state index in [0.717, 1.165) is 18.8 Å². The summed E-state index contributed by atoms with van der Waals surface area (Å²) in [6, 6.07) is 22.0. The van der Waals surface area contributed by atoms with Crippen LogP contribution in [0.5, 0.6) is 5.75 Å². The van der Waals surface area contributed by atoms with Crippen LogP contribution in [-0.4, -0.2) is 21.1 Å². The summed E-state index contributed by atoms with van der Waals surface area (Å²) in [6.07, 6.45) is 4.96. The van der Waals surface area contributed by atoms with Gasteiger partial charge in [0.1, 0.15) is 0 Å². The van der Waals surface area contributed by atoms with E-state index in [0.29, 0.717) is 14.5 Å². The van der Waals surface area contributed by atoms with Crippen LogP contribution >= 0.6 is 11.3 Å². The Balaban J connectivity index is 1.58. The van der Waals surface area contributed by atoms with Crippen LogP contribution in [0.15, 0.2) is 66.0 Å². The van der Waals surface area contributed by atoms with Gasteiger partial charge in [-0.2, -0.15) is 0 Å². The van der Waals surface area contributed by atoms with Crippen molar-refractivity contribution < 1.29 is 4.74 Å². The van der Waals surface area contributed by atoms with E-state index < -0.39 is 0 Å². The Morgan fingerprint density at radius 2 is 1.59 bits per heavy atom. The first-order valence-corrected chi connectivity index (χ1v) is 12.2. The van der Waals surface area contributed by atoms with E-state index in [2.05, 4.69) is 73.0 Å². The molecule has 3 heteroatoms. The molecule has 2 aromatic heterocycles. The third-order valence-corrected chi connectivity index (χ3v) is 8.66. The average Bonchev–Trinajstić information content (AvgIpc) is 3.36. The zero-order valence-electron chi connectivity index (χ0n) is 15.6. The van der Waals surface area contributed by atoms with Crippen LogP contribution < -0.4 is 4.74 Å². The van der Waals surface area contributed by atoms with Gasteiger partial charge < -0.3 is 0 Å². The first kappa shape index (κ1) is 18.6. The number of fused-ring (bicyclic) bond motifs is 1. The Hall–Kier alpha value is -1.80. The Kier molecular flexibility index (Phi) is 6.13. The van der Waals surface area contributed by atoms with Gasteiger partial charge in [0.2, 0.25) is 0 Å². The summed E-state index contributed by atoms with van der Waals surface area (Å²) >= 11 is 2.17. The number of thiophene rings is 1. The average molecular weight is 439 g/mol. The Bertz CT molecular complexity index is 983. The second kappa shape index (κ2) is 8.93. The van der Waals surface area contributed by atoms with E-state index in [9.17, 15) is 0 Å².